The Kier molecular flexibility index (Phi) is 2.78. The van der Waals surface area contributed by atoms with Gasteiger partial charge in [-0.2, -0.15) is 0 Å². The number of ether oxygens (including phenoxy) is 1. The fourth-order valence-electron chi connectivity index (χ4n) is 0.744. The first-order valence-electron chi connectivity index (χ1n) is 3.09. The third-order valence-corrected chi connectivity index (χ3v) is 2.02. The predicted octanol–water partition coefficient (Wildman–Crippen LogP) is 1.41. The first kappa shape index (κ1) is 9.15. The molecule has 1 rings (SSSR count). The number of benzene rings is 1. The highest BCUT2D eigenvalue weighted by Gasteiger charge is 2.08. The van der Waals surface area contributed by atoms with E-state index >= 15 is 0 Å². The molecule has 0 aliphatic rings. The monoisotopic (exact) mass is 190 g/mol. The summed E-state index contributed by atoms with van der Waals surface area (Å²) in [5.74, 6) is -0.356. The zero-order chi connectivity index (χ0) is 9.14. The second kappa shape index (κ2) is 3.64. The van der Waals surface area contributed by atoms with Gasteiger partial charge >= 0.3 is 0 Å². The Balaban J connectivity index is 3.17. The fourth-order valence-corrected chi connectivity index (χ4v) is 1.20. The molecule has 0 bridgehead atoms. The molecule has 0 amide bonds. The van der Waals surface area contributed by atoms with Crippen molar-refractivity contribution in [2.45, 2.75) is 4.90 Å². The van der Waals surface area contributed by atoms with Crippen LogP contribution in [0.25, 0.3) is 0 Å². The SMILES string of the molecule is COc1ccc(F)c(S(=O)O)c1. The Morgan fingerprint density at radius 2 is 2.25 bits per heavy atom. The summed E-state index contributed by atoms with van der Waals surface area (Å²) < 4.78 is 36.6. The minimum Gasteiger partial charge on any atom is -0.497 e. The number of rotatable bonds is 2. The number of hydrogen-bond donors (Lipinski definition) is 1. The molecule has 0 saturated carbocycles. The van der Waals surface area contributed by atoms with E-state index in [4.69, 9.17) is 9.29 Å². The first-order chi connectivity index (χ1) is 5.65. The Hall–Kier alpha value is -0.940. The molecule has 1 N–H and O–H groups in total. The van der Waals surface area contributed by atoms with Crippen molar-refractivity contribution in [3.63, 3.8) is 0 Å². The van der Waals surface area contributed by atoms with Crippen molar-refractivity contribution in [1.82, 2.24) is 0 Å². The van der Waals surface area contributed by atoms with E-state index in [2.05, 4.69) is 0 Å². The van der Waals surface area contributed by atoms with E-state index in [1.54, 1.807) is 0 Å². The maximum absolute atomic E-state index is 12.7. The van der Waals surface area contributed by atoms with Crippen LogP contribution in [0.2, 0.25) is 0 Å². The van der Waals surface area contributed by atoms with E-state index in [9.17, 15) is 8.60 Å². The molecule has 0 fully saturated rings. The second-order valence-electron chi connectivity index (χ2n) is 2.05. The van der Waals surface area contributed by atoms with Crippen molar-refractivity contribution < 1.29 is 17.9 Å². The third-order valence-electron chi connectivity index (χ3n) is 1.33. The van der Waals surface area contributed by atoms with Crippen LogP contribution in [-0.4, -0.2) is 15.9 Å². The molecule has 66 valence electrons. The zero-order valence-corrected chi connectivity index (χ0v) is 7.10. The van der Waals surface area contributed by atoms with Gasteiger partial charge < -0.3 is 9.29 Å². The van der Waals surface area contributed by atoms with Crippen LogP contribution in [0.15, 0.2) is 23.1 Å². The van der Waals surface area contributed by atoms with Crippen molar-refractivity contribution in [2.75, 3.05) is 7.11 Å². The molecule has 1 aromatic carbocycles. The van der Waals surface area contributed by atoms with Gasteiger partial charge in [-0.1, -0.05) is 0 Å². The summed E-state index contributed by atoms with van der Waals surface area (Å²) in [4.78, 5) is -0.269. The lowest BCUT2D eigenvalue weighted by molar-refractivity contribution is 0.411. The highest BCUT2D eigenvalue weighted by atomic mass is 32.2. The fraction of sp³-hybridized carbons (Fsp3) is 0.143. The van der Waals surface area contributed by atoms with E-state index in [0.717, 1.165) is 6.07 Å². The van der Waals surface area contributed by atoms with Crippen molar-refractivity contribution >= 4 is 11.1 Å². The topological polar surface area (TPSA) is 46.5 Å². The normalized spacial score (nSPS) is 12.6. The van der Waals surface area contributed by atoms with E-state index in [1.807, 2.05) is 0 Å². The first-order valence-corrected chi connectivity index (χ1v) is 4.20. The minimum atomic E-state index is -2.31. The van der Waals surface area contributed by atoms with Gasteiger partial charge in [-0.05, 0) is 12.1 Å². The van der Waals surface area contributed by atoms with Crippen LogP contribution >= 0.6 is 0 Å². The Labute approximate surface area is 71.5 Å². The maximum atomic E-state index is 12.7. The number of halogens is 1. The zero-order valence-electron chi connectivity index (χ0n) is 6.28. The summed E-state index contributed by atoms with van der Waals surface area (Å²) in [5, 5.41) is 0. The lowest BCUT2D eigenvalue weighted by atomic mass is 10.3. The summed E-state index contributed by atoms with van der Waals surface area (Å²) in [5.41, 5.74) is 0. The second-order valence-corrected chi connectivity index (χ2v) is 2.98. The Morgan fingerprint density at radius 3 is 2.75 bits per heavy atom. The Morgan fingerprint density at radius 1 is 1.58 bits per heavy atom. The van der Waals surface area contributed by atoms with Crippen LogP contribution in [0.3, 0.4) is 0 Å². The molecule has 0 aromatic heterocycles. The number of methoxy groups -OCH3 is 1. The molecule has 3 nitrogen and oxygen atoms in total. The van der Waals surface area contributed by atoms with Gasteiger partial charge in [0.05, 0.1) is 7.11 Å². The molecule has 1 unspecified atom stereocenters. The largest absolute Gasteiger partial charge is 0.497 e. The van der Waals surface area contributed by atoms with Gasteiger partial charge in [0, 0.05) is 6.07 Å². The van der Waals surface area contributed by atoms with E-state index in [0.29, 0.717) is 5.75 Å². The van der Waals surface area contributed by atoms with Crippen LogP contribution in [0.4, 0.5) is 4.39 Å². The van der Waals surface area contributed by atoms with Crippen molar-refractivity contribution in [3.8, 4) is 5.75 Å². The average Bonchev–Trinajstić information content (AvgIpc) is 2.05. The molecular weight excluding hydrogens is 183 g/mol. The average molecular weight is 190 g/mol. The van der Waals surface area contributed by atoms with Crippen LogP contribution in [0, 0.1) is 5.82 Å². The molecule has 0 radical (unpaired) electrons. The summed E-state index contributed by atoms with van der Waals surface area (Å²) in [6, 6.07) is 3.65. The predicted molar refractivity (Wildman–Crippen MR) is 42.0 cm³/mol. The summed E-state index contributed by atoms with van der Waals surface area (Å²) in [7, 11) is 1.40. The van der Waals surface area contributed by atoms with Gasteiger partial charge in [-0.15, -0.1) is 0 Å². The summed E-state index contributed by atoms with van der Waals surface area (Å²) in [6.07, 6.45) is 0. The quantitative estimate of drug-likeness (QED) is 0.717. The highest BCUT2D eigenvalue weighted by molar-refractivity contribution is 7.79. The molecule has 0 heterocycles. The summed E-state index contributed by atoms with van der Waals surface area (Å²) in [6.45, 7) is 0. The van der Waals surface area contributed by atoms with Gasteiger partial charge in [0.15, 0.2) is 11.1 Å². The van der Waals surface area contributed by atoms with Gasteiger partial charge in [-0.25, -0.2) is 8.60 Å². The van der Waals surface area contributed by atoms with Crippen molar-refractivity contribution in [2.24, 2.45) is 0 Å². The molecule has 0 saturated heterocycles. The lowest BCUT2D eigenvalue weighted by Crippen LogP contribution is -1.94. The summed E-state index contributed by atoms with van der Waals surface area (Å²) >= 11 is -2.31. The molecule has 0 spiro atoms. The van der Waals surface area contributed by atoms with Crippen LogP contribution in [0.5, 0.6) is 5.75 Å². The van der Waals surface area contributed by atoms with Crippen LogP contribution in [0.1, 0.15) is 0 Å². The molecular formula is C7H7FO3S. The van der Waals surface area contributed by atoms with Gasteiger partial charge in [0.2, 0.25) is 0 Å². The highest BCUT2D eigenvalue weighted by Crippen LogP contribution is 2.18. The van der Waals surface area contributed by atoms with Gasteiger partial charge in [0.25, 0.3) is 0 Å². The molecule has 12 heavy (non-hydrogen) atoms. The van der Waals surface area contributed by atoms with Crippen molar-refractivity contribution in [3.05, 3.63) is 24.0 Å². The van der Waals surface area contributed by atoms with Gasteiger partial charge in [-0.3, -0.25) is 0 Å². The van der Waals surface area contributed by atoms with Gasteiger partial charge in [0.1, 0.15) is 16.5 Å². The van der Waals surface area contributed by atoms with Crippen LogP contribution < -0.4 is 4.74 Å². The molecule has 0 aliphatic heterocycles. The molecule has 5 heteroatoms. The molecule has 1 aromatic rings. The Bertz CT molecular complexity index is 314. The van der Waals surface area contributed by atoms with E-state index < -0.39 is 16.9 Å². The smallest absolute Gasteiger partial charge is 0.189 e. The molecule has 1 atom stereocenters. The third kappa shape index (κ3) is 1.80. The lowest BCUT2D eigenvalue weighted by Gasteiger charge is -2.01. The minimum absolute atomic E-state index is 0.269. The van der Waals surface area contributed by atoms with Crippen molar-refractivity contribution in [1.29, 1.82) is 0 Å². The molecule has 0 aliphatic carbocycles. The van der Waals surface area contributed by atoms with E-state index in [1.165, 1.54) is 19.2 Å². The standard InChI is InChI=1S/C7H7FO3S/c1-11-5-2-3-6(8)7(4-5)12(9)10/h2-4H,1H3,(H,9,10). The van der Waals surface area contributed by atoms with E-state index in [-0.39, 0.29) is 4.90 Å². The number of hydrogen-bond acceptors (Lipinski definition) is 2. The maximum Gasteiger partial charge on any atom is 0.189 e. The van der Waals surface area contributed by atoms with Crippen LogP contribution in [-0.2, 0) is 11.1 Å².